The van der Waals surface area contributed by atoms with Crippen LogP contribution in [0.3, 0.4) is 0 Å². The molecule has 4 aromatic rings. The molecule has 2 heterocycles. The van der Waals surface area contributed by atoms with E-state index in [1.165, 1.54) is 57.3 Å². The van der Waals surface area contributed by atoms with Gasteiger partial charge in [0, 0.05) is 42.1 Å². The topological polar surface area (TPSA) is 0 Å². The van der Waals surface area contributed by atoms with E-state index in [2.05, 4.69) is 147 Å². The van der Waals surface area contributed by atoms with Crippen molar-refractivity contribution in [3.8, 4) is 0 Å². The second-order valence-electron chi connectivity index (χ2n) is 12.6. The van der Waals surface area contributed by atoms with Crippen LogP contribution in [-0.2, 0) is 19.5 Å². The molecule has 2 aliphatic heterocycles. The zero-order valence-electron chi connectivity index (χ0n) is 27.8. The number of benzene rings is 4. The first-order chi connectivity index (χ1) is 23.4. The van der Waals surface area contributed by atoms with Crippen molar-refractivity contribution in [1.29, 1.82) is 0 Å². The predicted octanol–water partition coefficient (Wildman–Crippen LogP) is 14.1. The van der Waals surface area contributed by atoms with Crippen molar-refractivity contribution in [1.82, 2.24) is 0 Å². The van der Waals surface area contributed by atoms with Gasteiger partial charge in [0.05, 0.1) is 0 Å². The molecule has 5 radical (unpaired) electrons. The molecule has 49 heavy (non-hydrogen) atoms. The molecule has 0 unspecified atom stereocenters. The molecule has 0 bridgehead atoms. The van der Waals surface area contributed by atoms with E-state index in [9.17, 15) is 17.3 Å². The maximum Gasteiger partial charge on any atom is 0.673 e. The zero-order chi connectivity index (χ0) is 33.6. The van der Waals surface area contributed by atoms with Crippen molar-refractivity contribution < 1.29 is 36.7 Å². The third-order valence-electron chi connectivity index (χ3n) is 9.43. The van der Waals surface area contributed by atoms with E-state index in [0.29, 0.717) is 0 Å². The first-order valence-electron chi connectivity index (χ1n) is 17.3. The summed E-state index contributed by atoms with van der Waals surface area (Å²) in [4.78, 5) is 0. The van der Waals surface area contributed by atoms with Gasteiger partial charge >= 0.3 is 7.25 Å². The van der Waals surface area contributed by atoms with Crippen LogP contribution in [0.15, 0.2) is 121 Å². The molecule has 4 aromatic carbocycles. The molecule has 7 rings (SSSR count). The van der Waals surface area contributed by atoms with Crippen LogP contribution in [0.1, 0.15) is 96.3 Å². The summed E-state index contributed by atoms with van der Waals surface area (Å²) in [5, 5.41) is 0. The van der Waals surface area contributed by atoms with E-state index in [1.54, 1.807) is 22.3 Å². The normalized spacial score (nSPS) is 23.1. The zero-order valence-corrected chi connectivity index (χ0v) is 31.3. The minimum atomic E-state index is -6.00. The maximum absolute atomic E-state index is 9.75. The Balaban J connectivity index is 0.000000327. The SMILES string of the molecule is F[B-](F)(F)F.[CH]1[CH]CC[CH][CH]CC1.[Rh].c1ccc([C@H]2CC[C@H](c3ccccc3)P2CP2[C@@H](c3ccccc3)CC[C@@H]2c2ccccc2)cc1. The fraction of sp³-hybridized carbons (Fsp3) is 0.317. The predicted molar refractivity (Wildman–Crippen MR) is 200 cm³/mol. The van der Waals surface area contributed by atoms with Gasteiger partial charge in [0.25, 0.3) is 0 Å². The number of hydrogen-bond acceptors (Lipinski definition) is 0. The average molecular weight is 790 g/mol. The van der Waals surface area contributed by atoms with Crippen LogP contribution in [0.4, 0.5) is 17.3 Å². The van der Waals surface area contributed by atoms with E-state index in [-0.39, 0.29) is 35.3 Å². The first kappa shape index (κ1) is 39.9. The van der Waals surface area contributed by atoms with Gasteiger partial charge in [-0.25, -0.2) is 0 Å². The molecule has 4 atom stereocenters. The van der Waals surface area contributed by atoms with Crippen LogP contribution in [0.5, 0.6) is 0 Å². The summed E-state index contributed by atoms with van der Waals surface area (Å²) in [6.45, 7) is 0. The number of hydrogen-bond donors (Lipinski definition) is 0. The van der Waals surface area contributed by atoms with Gasteiger partial charge in [0.1, 0.15) is 0 Å². The van der Waals surface area contributed by atoms with E-state index >= 15 is 0 Å². The van der Waals surface area contributed by atoms with Crippen LogP contribution >= 0.6 is 15.8 Å². The van der Waals surface area contributed by atoms with Crippen LogP contribution in [0.2, 0.25) is 0 Å². The fourth-order valence-corrected chi connectivity index (χ4v) is 17.0. The molecule has 1 saturated carbocycles. The molecule has 0 N–H and O–H groups in total. The Morgan fingerprint density at radius 2 is 0.612 bits per heavy atom. The largest absolute Gasteiger partial charge is 0.673 e. The molecule has 1 aliphatic carbocycles. The molecule has 0 nitrogen and oxygen atoms in total. The number of rotatable bonds is 6. The van der Waals surface area contributed by atoms with Crippen molar-refractivity contribution in [3.05, 3.63) is 169 Å². The van der Waals surface area contributed by atoms with E-state index in [0.717, 1.165) is 22.6 Å². The summed E-state index contributed by atoms with van der Waals surface area (Å²) in [6, 6.07) is 45.9. The van der Waals surface area contributed by atoms with Gasteiger partial charge in [-0.2, -0.15) is 0 Å². The Labute approximate surface area is 307 Å². The maximum atomic E-state index is 9.75. The summed E-state index contributed by atoms with van der Waals surface area (Å²) in [5.74, 6) is 1.43. The van der Waals surface area contributed by atoms with Gasteiger partial charge in [-0.3, -0.25) is 0 Å². The summed E-state index contributed by atoms with van der Waals surface area (Å²) in [5.41, 5.74) is 9.24. The molecule has 8 heteroatoms. The Bertz CT molecular complexity index is 1220. The Morgan fingerprint density at radius 1 is 0.408 bits per heavy atom. The smallest absolute Gasteiger partial charge is 0.418 e. The molecule has 2 saturated heterocycles. The fourth-order valence-electron chi connectivity index (χ4n) is 7.30. The minimum Gasteiger partial charge on any atom is -0.418 e. The van der Waals surface area contributed by atoms with Crippen molar-refractivity contribution in [3.63, 3.8) is 0 Å². The third-order valence-corrected chi connectivity index (χ3v) is 17.5. The molecule has 0 aromatic heterocycles. The molecular weight excluding hydrogens is 744 g/mol. The van der Waals surface area contributed by atoms with Crippen LogP contribution in [-0.4, -0.2) is 13.2 Å². The molecule has 3 aliphatic rings. The van der Waals surface area contributed by atoms with Crippen LogP contribution in [0.25, 0.3) is 0 Å². The van der Waals surface area contributed by atoms with Gasteiger partial charge in [0.2, 0.25) is 0 Å². The third kappa shape index (κ3) is 12.7. The van der Waals surface area contributed by atoms with Crippen LogP contribution in [0, 0.1) is 25.7 Å². The second kappa shape index (κ2) is 20.9. The molecule has 261 valence electrons. The first-order valence-corrected chi connectivity index (χ1v) is 20.6. The monoisotopic (exact) mass is 790 g/mol. The summed E-state index contributed by atoms with van der Waals surface area (Å²) >= 11 is 0. The molecule has 0 amide bonds. The minimum absolute atomic E-state index is 0. The number of halogens is 4. The summed E-state index contributed by atoms with van der Waals surface area (Å²) in [6.07, 6.45) is 19.4. The Hall–Kier alpha value is -1.85. The van der Waals surface area contributed by atoms with Gasteiger partial charge < -0.3 is 17.3 Å². The van der Waals surface area contributed by atoms with E-state index in [1.807, 2.05) is 0 Å². The quantitative estimate of drug-likeness (QED) is 0.104. The molecule has 0 spiro atoms. The van der Waals surface area contributed by atoms with Crippen molar-refractivity contribution in [2.24, 2.45) is 0 Å². The van der Waals surface area contributed by atoms with Crippen molar-refractivity contribution in [2.45, 2.75) is 74.0 Å². The Kier molecular flexibility index (Phi) is 17.0. The van der Waals surface area contributed by atoms with Crippen LogP contribution < -0.4 is 0 Å². The standard InChI is InChI=1S/C33H34P2.C8H12.BF4.Rh/c1-5-13-26(14-6-1)30-21-22-31(27-15-7-2-8-16-27)34(30)25-35-32(28-17-9-3-10-18-28)23-24-33(35)29-19-11-4-12-20-29;1-2-4-6-8-7-5-3-1;2-1(3,4)5;/h1-20,30-33H,21-25H2;1-2,7-8H,3-6H2;;/q;;-1;/t30-,31-,32-,33-;;;/m1.../s1. The average Bonchev–Trinajstić information content (AvgIpc) is 3.70. The van der Waals surface area contributed by atoms with Gasteiger partial charge in [0.15, 0.2) is 0 Å². The van der Waals surface area contributed by atoms with Gasteiger partial charge in [-0.05, 0) is 105 Å². The molecular formula is C41H46BF4P2Rh-. The van der Waals surface area contributed by atoms with Gasteiger partial charge in [-0.1, -0.05) is 137 Å². The van der Waals surface area contributed by atoms with Crippen molar-refractivity contribution in [2.75, 3.05) is 5.90 Å². The van der Waals surface area contributed by atoms with E-state index in [4.69, 9.17) is 0 Å². The summed E-state index contributed by atoms with van der Waals surface area (Å²) in [7, 11) is -6.28. The Morgan fingerprint density at radius 3 is 0.816 bits per heavy atom. The summed E-state index contributed by atoms with van der Waals surface area (Å²) < 4.78 is 39.0. The van der Waals surface area contributed by atoms with Gasteiger partial charge in [-0.15, -0.1) is 0 Å². The van der Waals surface area contributed by atoms with Crippen molar-refractivity contribution >= 4 is 23.1 Å². The second-order valence-corrected chi connectivity index (χ2v) is 18.3. The van der Waals surface area contributed by atoms with E-state index < -0.39 is 7.25 Å². The molecule has 3 fully saturated rings.